The highest BCUT2D eigenvalue weighted by atomic mass is 32.2. The maximum absolute atomic E-state index is 12.7. The Bertz CT molecular complexity index is 880. The number of nitrogens with one attached hydrogen (secondary N) is 1. The molecule has 0 spiro atoms. The molecule has 0 radical (unpaired) electrons. The summed E-state index contributed by atoms with van der Waals surface area (Å²) in [7, 11) is -3.75. The van der Waals surface area contributed by atoms with Gasteiger partial charge in [0, 0.05) is 24.3 Å². The fourth-order valence-corrected chi connectivity index (χ4v) is 4.23. The SMILES string of the molecule is Cc1cc(C)cc(NS(=O)(=O)c2cccc(C(=O)N3CCCC3)c2)c1. The highest BCUT2D eigenvalue weighted by molar-refractivity contribution is 7.92. The number of anilines is 1. The molecule has 0 bridgehead atoms. The normalized spacial score (nSPS) is 14.6. The zero-order chi connectivity index (χ0) is 18.0. The summed E-state index contributed by atoms with van der Waals surface area (Å²) >= 11 is 0. The predicted octanol–water partition coefficient (Wildman–Crippen LogP) is 3.34. The molecular weight excluding hydrogens is 336 g/mol. The monoisotopic (exact) mass is 358 g/mol. The van der Waals surface area contributed by atoms with Crippen LogP contribution in [0, 0.1) is 13.8 Å². The molecular formula is C19H22N2O3S. The van der Waals surface area contributed by atoms with Gasteiger partial charge in [0.25, 0.3) is 15.9 Å². The van der Waals surface area contributed by atoms with Crippen molar-refractivity contribution < 1.29 is 13.2 Å². The Balaban J connectivity index is 1.87. The van der Waals surface area contributed by atoms with Gasteiger partial charge in [-0.1, -0.05) is 12.1 Å². The molecule has 2 aromatic rings. The van der Waals surface area contributed by atoms with Crippen molar-refractivity contribution in [2.75, 3.05) is 17.8 Å². The van der Waals surface area contributed by atoms with Crippen LogP contribution in [-0.4, -0.2) is 32.3 Å². The molecule has 132 valence electrons. The molecule has 0 saturated carbocycles. The molecule has 1 saturated heterocycles. The van der Waals surface area contributed by atoms with Gasteiger partial charge in [-0.15, -0.1) is 0 Å². The van der Waals surface area contributed by atoms with Crippen LogP contribution in [-0.2, 0) is 10.0 Å². The van der Waals surface area contributed by atoms with Gasteiger partial charge in [0.15, 0.2) is 0 Å². The fraction of sp³-hybridized carbons (Fsp3) is 0.316. The number of nitrogens with zero attached hydrogens (tertiary/aromatic N) is 1. The van der Waals surface area contributed by atoms with Crippen molar-refractivity contribution in [1.82, 2.24) is 4.90 Å². The van der Waals surface area contributed by atoms with Crippen LogP contribution in [0.1, 0.15) is 34.3 Å². The number of hydrogen-bond acceptors (Lipinski definition) is 3. The first kappa shape index (κ1) is 17.5. The van der Waals surface area contributed by atoms with E-state index >= 15 is 0 Å². The number of carbonyl (C=O) groups is 1. The van der Waals surface area contributed by atoms with Crippen LogP contribution in [0.25, 0.3) is 0 Å². The number of carbonyl (C=O) groups excluding carboxylic acids is 1. The molecule has 25 heavy (non-hydrogen) atoms. The minimum absolute atomic E-state index is 0.0942. The van der Waals surface area contributed by atoms with Crippen molar-refractivity contribution in [3.63, 3.8) is 0 Å². The lowest BCUT2D eigenvalue weighted by atomic mass is 10.1. The van der Waals surface area contributed by atoms with E-state index in [0.717, 1.165) is 37.1 Å². The number of benzene rings is 2. The van der Waals surface area contributed by atoms with Crippen molar-refractivity contribution in [3.8, 4) is 0 Å². The van der Waals surface area contributed by atoms with Gasteiger partial charge < -0.3 is 4.90 Å². The minimum Gasteiger partial charge on any atom is -0.339 e. The largest absolute Gasteiger partial charge is 0.339 e. The van der Waals surface area contributed by atoms with E-state index in [-0.39, 0.29) is 10.8 Å². The minimum atomic E-state index is -3.75. The van der Waals surface area contributed by atoms with E-state index in [0.29, 0.717) is 11.3 Å². The number of likely N-dealkylation sites (tertiary alicyclic amines) is 1. The van der Waals surface area contributed by atoms with E-state index in [2.05, 4.69) is 4.72 Å². The van der Waals surface area contributed by atoms with E-state index in [1.807, 2.05) is 19.9 Å². The van der Waals surface area contributed by atoms with Crippen LogP contribution >= 0.6 is 0 Å². The van der Waals surface area contributed by atoms with Gasteiger partial charge >= 0.3 is 0 Å². The van der Waals surface area contributed by atoms with Gasteiger partial charge in [-0.3, -0.25) is 9.52 Å². The Morgan fingerprint density at radius 1 is 1.00 bits per heavy atom. The number of aryl methyl sites for hydroxylation is 2. The molecule has 1 heterocycles. The highest BCUT2D eigenvalue weighted by Crippen LogP contribution is 2.21. The lowest BCUT2D eigenvalue weighted by Crippen LogP contribution is -2.27. The first-order valence-electron chi connectivity index (χ1n) is 8.36. The van der Waals surface area contributed by atoms with E-state index in [1.54, 1.807) is 29.2 Å². The molecule has 1 N–H and O–H groups in total. The van der Waals surface area contributed by atoms with Crippen LogP contribution in [0.5, 0.6) is 0 Å². The Morgan fingerprint density at radius 3 is 2.28 bits per heavy atom. The Kier molecular flexibility index (Phi) is 4.81. The lowest BCUT2D eigenvalue weighted by Gasteiger charge is -2.16. The third-order valence-electron chi connectivity index (χ3n) is 4.26. The standard InChI is InChI=1S/C19H22N2O3S/c1-14-10-15(2)12-17(11-14)20-25(23,24)18-7-5-6-16(13-18)19(22)21-8-3-4-9-21/h5-7,10-13,20H,3-4,8-9H2,1-2H3. The zero-order valence-electron chi connectivity index (χ0n) is 14.5. The van der Waals surface area contributed by atoms with Gasteiger partial charge in [-0.25, -0.2) is 8.42 Å². The number of hydrogen-bond donors (Lipinski definition) is 1. The third kappa shape index (κ3) is 4.02. The molecule has 2 aromatic carbocycles. The van der Waals surface area contributed by atoms with Gasteiger partial charge in [0.1, 0.15) is 0 Å². The predicted molar refractivity (Wildman–Crippen MR) is 98.3 cm³/mol. The Morgan fingerprint density at radius 2 is 1.64 bits per heavy atom. The maximum Gasteiger partial charge on any atom is 0.261 e. The van der Waals surface area contributed by atoms with E-state index in [1.165, 1.54) is 12.1 Å². The van der Waals surface area contributed by atoms with Gasteiger partial charge in [-0.05, 0) is 68.1 Å². The number of sulfonamides is 1. The molecule has 0 unspecified atom stereocenters. The van der Waals surface area contributed by atoms with Crippen molar-refractivity contribution >= 4 is 21.6 Å². The molecule has 0 aromatic heterocycles. The summed E-state index contributed by atoms with van der Waals surface area (Å²) in [5.74, 6) is -0.110. The van der Waals surface area contributed by atoms with Crippen molar-refractivity contribution in [3.05, 3.63) is 59.2 Å². The second kappa shape index (κ2) is 6.88. The van der Waals surface area contributed by atoms with E-state index < -0.39 is 10.0 Å². The summed E-state index contributed by atoms with van der Waals surface area (Å²) in [6.45, 7) is 5.30. The van der Waals surface area contributed by atoms with Crippen molar-refractivity contribution in [2.24, 2.45) is 0 Å². The van der Waals surface area contributed by atoms with Crippen LogP contribution in [0.4, 0.5) is 5.69 Å². The number of amides is 1. The molecule has 1 aliphatic heterocycles. The summed E-state index contributed by atoms with van der Waals surface area (Å²) in [6.07, 6.45) is 2.00. The van der Waals surface area contributed by atoms with Crippen molar-refractivity contribution in [2.45, 2.75) is 31.6 Å². The van der Waals surface area contributed by atoms with Gasteiger partial charge in [0.2, 0.25) is 0 Å². The first-order chi connectivity index (χ1) is 11.8. The maximum atomic E-state index is 12.7. The second-order valence-corrected chi connectivity index (χ2v) is 8.19. The highest BCUT2D eigenvalue weighted by Gasteiger charge is 2.22. The molecule has 6 heteroatoms. The summed E-state index contributed by atoms with van der Waals surface area (Å²) in [5.41, 5.74) is 2.89. The Hall–Kier alpha value is -2.34. The first-order valence-corrected chi connectivity index (χ1v) is 9.84. The topological polar surface area (TPSA) is 66.5 Å². The van der Waals surface area contributed by atoms with E-state index in [9.17, 15) is 13.2 Å². The number of rotatable bonds is 4. The average molecular weight is 358 g/mol. The lowest BCUT2D eigenvalue weighted by molar-refractivity contribution is 0.0792. The summed E-state index contributed by atoms with van der Waals surface area (Å²) in [6, 6.07) is 11.8. The molecule has 1 aliphatic rings. The quantitative estimate of drug-likeness (QED) is 0.911. The van der Waals surface area contributed by atoms with Crippen LogP contribution in [0.2, 0.25) is 0 Å². The third-order valence-corrected chi connectivity index (χ3v) is 5.64. The fourth-order valence-electron chi connectivity index (χ4n) is 3.15. The average Bonchev–Trinajstić information content (AvgIpc) is 3.07. The van der Waals surface area contributed by atoms with Crippen molar-refractivity contribution in [1.29, 1.82) is 0 Å². The molecule has 1 fully saturated rings. The van der Waals surface area contributed by atoms with Crippen LogP contribution in [0.3, 0.4) is 0 Å². The molecule has 0 atom stereocenters. The van der Waals surface area contributed by atoms with Crippen LogP contribution < -0.4 is 4.72 Å². The smallest absolute Gasteiger partial charge is 0.261 e. The van der Waals surface area contributed by atoms with E-state index in [4.69, 9.17) is 0 Å². The summed E-state index contributed by atoms with van der Waals surface area (Å²) < 4.78 is 28.0. The Labute approximate surface area is 148 Å². The zero-order valence-corrected chi connectivity index (χ0v) is 15.3. The second-order valence-electron chi connectivity index (χ2n) is 6.51. The van der Waals surface area contributed by atoms with Crippen LogP contribution in [0.15, 0.2) is 47.4 Å². The molecule has 0 aliphatic carbocycles. The van der Waals surface area contributed by atoms with Gasteiger partial charge in [0.05, 0.1) is 4.90 Å². The molecule has 5 nitrogen and oxygen atoms in total. The van der Waals surface area contributed by atoms with Gasteiger partial charge in [-0.2, -0.15) is 0 Å². The molecule has 1 amide bonds. The summed E-state index contributed by atoms with van der Waals surface area (Å²) in [5, 5.41) is 0. The molecule has 3 rings (SSSR count). The summed E-state index contributed by atoms with van der Waals surface area (Å²) in [4.78, 5) is 14.3.